The summed E-state index contributed by atoms with van der Waals surface area (Å²) in [5, 5.41) is 10.4. The number of aliphatic hydroxyl groups excluding tert-OH is 1. The van der Waals surface area contributed by atoms with E-state index < -0.39 is 32.1 Å². The normalized spacial score (nSPS) is 21.9. The molecule has 0 saturated heterocycles. The molecule has 4 rings (SSSR count). The molecule has 158 valence electrons. The molecule has 0 radical (unpaired) electrons. The summed E-state index contributed by atoms with van der Waals surface area (Å²) < 4.78 is 52.8. The van der Waals surface area contributed by atoms with E-state index in [9.17, 15) is 22.3 Å². The third kappa shape index (κ3) is 2.82. The van der Waals surface area contributed by atoms with Gasteiger partial charge in [-0.15, -0.1) is 0 Å². The Bertz CT molecular complexity index is 1310. The average molecular weight is 434 g/mol. The maximum atomic E-state index is 14.2. The molecule has 7 nitrogen and oxygen atoms in total. The molecule has 0 fully saturated rings. The van der Waals surface area contributed by atoms with E-state index in [0.717, 1.165) is 11.8 Å². The highest BCUT2D eigenvalue weighted by Crippen LogP contribution is 2.51. The molecule has 0 aliphatic carbocycles. The summed E-state index contributed by atoms with van der Waals surface area (Å²) in [5.41, 5.74) is 0.711. The van der Waals surface area contributed by atoms with Crippen LogP contribution in [0.4, 0.5) is 14.6 Å². The maximum Gasteiger partial charge on any atom is 0.379 e. The van der Waals surface area contributed by atoms with Gasteiger partial charge in [0, 0.05) is 24.5 Å². The number of aryl methyl sites for hydroxylation is 1. The Balaban J connectivity index is 1.82. The summed E-state index contributed by atoms with van der Waals surface area (Å²) in [6.07, 6.45) is 1.17. The first kappa shape index (κ1) is 20.4. The molecule has 3 heterocycles. The molecular weight excluding hydrogens is 414 g/mol. The van der Waals surface area contributed by atoms with Crippen LogP contribution in [0.15, 0.2) is 35.4 Å². The predicted molar refractivity (Wildman–Crippen MR) is 107 cm³/mol. The predicted octanol–water partition coefficient (Wildman–Crippen LogP) is 1.35. The van der Waals surface area contributed by atoms with E-state index in [1.807, 2.05) is 7.05 Å². The minimum absolute atomic E-state index is 0.253. The van der Waals surface area contributed by atoms with Gasteiger partial charge in [0.15, 0.2) is 6.10 Å². The number of alkyl halides is 2. The van der Waals surface area contributed by atoms with Crippen LogP contribution in [0.25, 0.3) is 12.3 Å². The Morgan fingerprint density at radius 3 is 2.73 bits per heavy atom. The number of hydrogen-bond donors (Lipinski definition) is 2. The third-order valence-corrected chi connectivity index (χ3v) is 7.20. The molecule has 0 bridgehead atoms. The first-order valence-electron chi connectivity index (χ1n) is 9.15. The summed E-state index contributed by atoms with van der Waals surface area (Å²) >= 11 is 0. The number of fused-ring (bicyclic) bond motifs is 2. The van der Waals surface area contributed by atoms with Crippen LogP contribution < -0.4 is 15.9 Å². The smallest absolute Gasteiger partial charge is 0.379 e. The summed E-state index contributed by atoms with van der Waals surface area (Å²) in [5.74, 6) is 0.957. The number of halogens is 2. The zero-order valence-electron chi connectivity index (χ0n) is 16.5. The zero-order valence-corrected chi connectivity index (χ0v) is 17.3. The number of aliphatic hydroxyl groups is 1. The fourth-order valence-corrected chi connectivity index (χ4v) is 5.18. The molecule has 0 unspecified atom stereocenters. The average Bonchev–Trinajstić information content (AvgIpc) is 2.80. The summed E-state index contributed by atoms with van der Waals surface area (Å²) in [4.78, 5) is 10.1. The van der Waals surface area contributed by atoms with Crippen molar-refractivity contribution in [2.24, 2.45) is 0 Å². The van der Waals surface area contributed by atoms with Crippen molar-refractivity contribution in [2.75, 3.05) is 12.4 Å². The fourth-order valence-electron chi connectivity index (χ4n) is 3.70. The van der Waals surface area contributed by atoms with Crippen LogP contribution in [-0.2, 0) is 9.84 Å². The van der Waals surface area contributed by atoms with Crippen LogP contribution in [0, 0.1) is 6.92 Å². The number of allylic oxidation sites excluding steroid dienone is 1. The van der Waals surface area contributed by atoms with E-state index >= 15 is 0 Å². The first-order valence-corrected chi connectivity index (χ1v) is 10.6. The van der Waals surface area contributed by atoms with E-state index in [-0.39, 0.29) is 11.1 Å². The van der Waals surface area contributed by atoms with Gasteiger partial charge >= 0.3 is 5.25 Å². The monoisotopic (exact) mass is 434 g/mol. The minimum atomic E-state index is -4.96. The Kier molecular flexibility index (Phi) is 4.48. The van der Waals surface area contributed by atoms with Crippen molar-refractivity contribution in [2.45, 2.75) is 36.1 Å². The second-order valence-electron chi connectivity index (χ2n) is 7.39. The van der Waals surface area contributed by atoms with E-state index in [1.165, 1.54) is 12.1 Å². The van der Waals surface area contributed by atoms with Gasteiger partial charge in [-0.05, 0) is 31.6 Å². The van der Waals surface area contributed by atoms with Crippen LogP contribution in [-0.4, -0.2) is 40.7 Å². The van der Waals surface area contributed by atoms with Crippen molar-refractivity contribution in [1.82, 2.24) is 14.9 Å². The number of rotatable bonds is 3. The van der Waals surface area contributed by atoms with Gasteiger partial charge in [0.05, 0.1) is 21.5 Å². The fraction of sp³-hybridized carbons (Fsp3) is 0.300. The Labute approximate surface area is 172 Å². The highest BCUT2D eigenvalue weighted by molar-refractivity contribution is 7.92. The molecule has 2 aliphatic heterocycles. The number of nitrogens with one attached hydrogen (secondary N) is 1. The standard InChI is InChI=1S/C20H20F2N4O3S/c1-10-8-15-14(9-26(10)4)19(25-12(3)24-15)23-11(2)13-6-5-7-16-17(13)18(27)20(21,22)30(16,28)29/h5-9,11,18,27H,1H2,2-4H3,(H,23,24,25)/t11-,18-/m1/s1. The topological polar surface area (TPSA) is 95.4 Å². The highest BCUT2D eigenvalue weighted by atomic mass is 32.2. The first-order chi connectivity index (χ1) is 13.9. The number of benzene rings is 1. The molecule has 2 atom stereocenters. The van der Waals surface area contributed by atoms with Gasteiger partial charge in [-0.1, -0.05) is 18.7 Å². The molecule has 30 heavy (non-hydrogen) atoms. The van der Waals surface area contributed by atoms with Gasteiger partial charge in [-0.2, -0.15) is 8.78 Å². The summed E-state index contributed by atoms with van der Waals surface area (Å²) in [6.45, 7) is 7.35. The van der Waals surface area contributed by atoms with Crippen molar-refractivity contribution < 1.29 is 22.3 Å². The van der Waals surface area contributed by atoms with E-state index in [0.29, 0.717) is 22.2 Å². The lowest BCUT2D eigenvalue weighted by molar-refractivity contribution is -0.0380. The molecule has 1 aromatic heterocycles. The van der Waals surface area contributed by atoms with Gasteiger partial charge in [0.2, 0.25) is 9.84 Å². The molecule has 0 amide bonds. The SMILES string of the molecule is C=C1C=c2nc(C)nc(N[C@H](C)c3cccc4c3[C@@H](O)C(F)(F)S4(=O)=O)c2=CN1C. The minimum Gasteiger partial charge on any atom is -0.381 e. The van der Waals surface area contributed by atoms with Gasteiger partial charge in [0.1, 0.15) is 11.6 Å². The second kappa shape index (κ2) is 6.58. The Morgan fingerprint density at radius 1 is 1.33 bits per heavy atom. The quantitative estimate of drug-likeness (QED) is 0.753. The molecular formula is C20H20F2N4O3S. The Morgan fingerprint density at radius 2 is 2.03 bits per heavy atom. The number of anilines is 1. The zero-order chi connectivity index (χ0) is 22.0. The number of hydrogen-bond acceptors (Lipinski definition) is 7. The largest absolute Gasteiger partial charge is 0.381 e. The van der Waals surface area contributed by atoms with Crippen molar-refractivity contribution >= 4 is 27.9 Å². The number of aromatic nitrogens is 2. The third-order valence-electron chi connectivity index (χ3n) is 5.33. The van der Waals surface area contributed by atoms with Gasteiger partial charge in [-0.3, -0.25) is 0 Å². The van der Waals surface area contributed by atoms with Crippen molar-refractivity contribution in [1.29, 1.82) is 0 Å². The van der Waals surface area contributed by atoms with Crippen LogP contribution in [0.2, 0.25) is 0 Å². The van der Waals surface area contributed by atoms with Crippen LogP contribution in [0.1, 0.15) is 36.0 Å². The Hall–Kier alpha value is -2.85. The lowest BCUT2D eigenvalue weighted by Gasteiger charge is -2.22. The molecule has 2 aromatic rings. The molecule has 0 saturated carbocycles. The number of nitrogens with zero attached hydrogens (tertiary/aromatic N) is 3. The number of sulfone groups is 1. The molecule has 1 aromatic carbocycles. The molecule has 0 spiro atoms. The molecule has 2 N–H and O–H groups in total. The van der Waals surface area contributed by atoms with Crippen LogP contribution in [0.3, 0.4) is 0 Å². The van der Waals surface area contributed by atoms with Crippen LogP contribution in [0.5, 0.6) is 0 Å². The van der Waals surface area contributed by atoms with Gasteiger partial charge in [-0.25, -0.2) is 18.4 Å². The van der Waals surface area contributed by atoms with Crippen molar-refractivity contribution in [3.8, 4) is 0 Å². The van der Waals surface area contributed by atoms with Crippen molar-refractivity contribution in [3.05, 3.63) is 58.0 Å². The highest BCUT2D eigenvalue weighted by Gasteiger charge is 2.61. The van der Waals surface area contributed by atoms with Crippen molar-refractivity contribution in [3.63, 3.8) is 0 Å². The van der Waals surface area contributed by atoms with E-state index in [4.69, 9.17) is 0 Å². The van der Waals surface area contributed by atoms with E-state index in [2.05, 4.69) is 21.9 Å². The van der Waals surface area contributed by atoms with Crippen LogP contribution >= 0.6 is 0 Å². The van der Waals surface area contributed by atoms with Gasteiger partial charge in [0.25, 0.3) is 0 Å². The maximum absolute atomic E-state index is 14.2. The summed E-state index contributed by atoms with van der Waals surface area (Å²) in [7, 11) is -3.14. The second-order valence-corrected chi connectivity index (χ2v) is 9.38. The van der Waals surface area contributed by atoms with Gasteiger partial charge < -0.3 is 15.3 Å². The summed E-state index contributed by atoms with van der Waals surface area (Å²) in [6, 6.07) is 3.36. The lowest BCUT2D eigenvalue weighted by Crippen LogP contribution is -2.39. The lowest BCUT2D eigenvalue weighted by atomic mass is 9.97. The molecule has 2 aliphatic rings. The van der Waals surface area contributed by atoms with E-state index in [1.54, 1.807) is 31.0 Å². The molecule has 10 heteroatoms.